The first kappa shape index (κ1) is 18.7. The van der Waals surface area contributed by atoms with Gasteiger partial charge in [-0.05, 0) is 12.8 Å². The second-order valence-corrected chi connectivity index (χ2v) is 4.68. The van der Waals surface area contributed by atoms with Crippen LogP contribution in [0.15, 0.2) is 0 Å². The molecule has 0 aromatic carbocycles. The molecule has 0 rings (SSSR count). The van der Waals surface area contributed by atoms with Crippen LogP contribution in [0.3, 0.4) is 0 Å². The average molecular weight is 302 g/mol. The Bertz CT molecular complexity index is 257. The molecule has 0 aliphatic rings. The van der Waals surface area contributed by atoms with Crippen LogP contribution in [0.4, 0.5) is 0 Å². The Labute approximate surface area is 114 Å². The van der Waals surface area contributed by atoms with E-state index in [0.717, 1.165) is 0 Å². The van der Waals surface area contributed by atoms with Gasteiger partial charge in [-0.25, -0.2) is 8.37 Å². The second-order valence-electron chi connectivity index (χ2n) is 3.39. The van der Waals surface area contributed by atoms with Gasteiger partial charge in [0.2, 0.25) is 0 Å². The Morgan fingerprint density at radius 3 is 1.53 bits per heavy atom. The summed E-state index contributed by atoms with van der Waals surface area (Å²) in [5.41, 5.74) is 0. The van der Waals surface area contributed by atoms with E-state index >= 15 is 0 Å². The summed E-state index contributed by atoms with van der Waals surface area (Å²) in [4.78, 5) is 0. The van der Waals surface area contributed by atoms with Crippen LogP contribution in [-0.2, 0) is 37.7 Å². The van der Waals surface area contributed by atoms with Gasteiger partial charge in [-0.3, -0.25) is 0 Å². The summed E-state index contributed by atoms with van der Waals surface area (Å²) >= 11 is 0. The molecule has 0 amide bonds. The van der Waals surface area contributed by atoms with Gasteiger partial charge < -0.3 is 18.9 Å². The number of ether oxygens (including phenoxy) is 4. The minimum Gasteiger partial charge on any atom is -0.359 e. The van der Waals surface area contributed by atoms with Gasteiger partial charge in [0.1, 0.15) is 13.6 Å². The summed E-state index contributed by atoms with van der Waals surface area (Å²) in [6.45, 7) is 1.07. The molecule has 0 radical (unpaired) electrons. The molecule has 0 saturated carbocycles. The standard InChI is InChI=1S/C10H22O8S/c1-13-9-15-5-3-7-17-19(11,12)18-8-4-6-16-10-14-2/h3-10H2,1-2H3. The summed E-state index contributed by atoms with van der Waals surface area (Å²) in [6, 6.07) is 0. The van der Waals surface area contributed by atoms with E-state index in [9.17, 15) is 8.42 Å². The second kappa shape index (κ2) is 12.7. The van der Waals surface area contributed by atoms with Crippen LogP contribution in [0.1, 0.15) is 12.8 Å². The molecule has 19 heavy (non-hydrogen) atoms. The molecule has 0 saturated heterocycles. The van der Waals surface area contributed by atoms with Crippen LogP contribution in [0, 0.1) is 0 Å². The monoisotopic (exact) mass is 302 g/mol. The third-order valence-electron chi connectivity index (χ3n) is 1.72. The first-order valence-electron chi connectivity index (χ1n) is 5.79. The molecule has 0 aliphatic carbocycles. The van der Waals surface area contributed by atoms with Crippen molar-refractivity contribution < 1.29 is 35.7 Å². The molecule has 0 spiro atoms. The molecule has 9 heteroatoms. The third kappa shape index (κ3) is 13.9. The molecule has 116 valence electrons. The Kier molecular flexibility index (Phi) is 12.5. The lowest BCUT2D eigenvalue weighted by atomic mass is 10.5. The summed E-state index contributed by atoms with van der Waals surface area (Å²) in [7, 11) is -0.930. The SMILES string of the molecule is COCOCCCOS(=O)(=O)OCCCOCOC. The van der Waals surface area contributed by atoms with Crippen LogP contribution in [0.25, 0.3) is 0 Å². The van der Waals surface area contributed by atoms with Crippen molar-refractivity contribution >= 4 is 10.4 Å². The Morgan fingerprint density at radius 1 is 0.737 bits per heavy atom. The lowest BCUT2D eigenvalue weighted by Gasteiger charge is -2.06. The summed E-state index contributed by atoms with van der Waals surface area (Å²) < 4.78 is 50.9. The maximum absolute atomic E-state index is 11.2. The first-order chi connectivity index (χ1) is 9.12. The van der Waals surface area contributed by atoms with E-state index in [4.69, 9.17) is 9.47 Å². The van der Waals surface area contributed by atoms with Crippen LogP contribution in [0.5, 0.6) is 0 Å². The summed E-state index contributed by atoms with van der Waals surface area (Å²) in [5, 5.41) is 0. The molecule has 0 unspecified atom stereocenters. The summed E-state index contributed by atoms with van der Waals surface area (Å²) in [6.07, 6.45) is 0.867. The van der Waals surface area contributed by atoms with Crippen LogP contribution < -0.4 is 0 Å². The zero-order chi connectivity index (χ0) is 14.4. The predicted molar refractivity (Wildman–Crippen MR) is 65.7 cm³/mol. The zero-order valence-electron chi connectivity index (χ0n) is 11.3. The van der Waals surface area contributed by atoms with E-state index in [-0.39, 0.29) is 26.8 Å². The van der Waals surface area contributed by atoms with Gasteiger partial charge in [0, 0.05) is 14.2 Å². The quantitative estimate of drug-likeness (QED) is 0.334. The fraction of sp³-hybridized carbons (Fsp3) is 1.00. The minimum absolute atomic E-state index is 0.00617. The van der Waals surface area contributed by atoms with E-state index in [1.807, 2.05) is 0 Å². The highest BCUT2D eigenvalue weighted by Gasteiger charge is 2.11. The zero-order valence-corrected chi connectivity index (χ0v) is 12.1. The molecule has 0 aromatic rings. The van der Waals surface area contributed by atoms with Gasteiger partial charge in [0.25, 0.3) is 0 Å². The van der Waals surface area contributed by atoms with Gasteiger partial charge in [-0.1, -0.05) is 0 Å². The van der Waals surface area contributed by atoms with Crippen LogP contribution in [-0.4, -0.2) is 62.7 Å². The maximum Gasteiger partial charge on any atom is 0.399 e. The molecule has 0 bridgehead atoms. The third-order valence-corrected chi connectivity index (χ3v) is 2.63. The lowest BCUT2D eigenvalue weighted by Crippen LogP contribution is -2.14. The molecule has 0 aromatic heterocycles. The van der Waals surface area contributed by atoms with E-state index in [0.29, 0.717) is 26.1 Å². The predicted octanol–water partition coefficient (Wildman–Crippen LogP) is 0.286. The average Bonchev–Trinajstić information content (AvgIpc) is 2.38. The molecule has 0 atom stereocenters. The van der Waals surface area contributed by atoms with Gasteiger partial charge in [-0.2, -0.15) is 8.42 Å². The van der Waals surface area contributed by atoms with Crippen molar-refractivity contribution in [3.8, 4) is 0 Å². The van der Waals surface area contributed by atoms with Crippen molar-refractivity contribution in [3.05, 3.63) is 0 Å². The highest BCUT2D eigenvalue weighted by atomic mass is 32.3. The highest BCUT2D eigenvalue weighted by molar-refractivity contribution is 7.81. The molecule has 8 nitrogen and oxygen atoms in total. The Balaban J connectivity index is 3.42. The normalized spacial score (nSPS) is 11.9. The summed E-state index contributed by atoms with van der Waals surface area (Å²) in [5.74, 6) is 0. The molecule has 0 N–H and O–H groups in total. The highest BCUT2D eigenvalue weighted by Crippen LogP contribution is 1.99. The van der Waals surface area contributed by atoms with Crippen molar-refractivity contribution in [1.82, 2.24) is 0 Å². The van der Waals surface area contributed by atoms with E-state index in [1.165, 1.54) is 14.2 Å². The van der Waals surface area contributed by atoms with Crippen molar-refractivity contribution in [2.24, 2.45) is 0 Å². The Morgan fingerprint density at radius 2 is 1.16 bits per heavy atom. The van der Waals surface area contributed by atoms with Crippen molar-refractivity contribution in [3.63, 3.8) is 0 Å². The van der Waals surface area contributed by atoms with Gasteiger partial charge >= 0.3 is 10.4 Å². The van der Waals surface area contributed by atoms with Gasteiger partial charge in [0.05, 0.1) is 26.4 Å². The largest absolute Gasteiger partial charge is 0.399 e. The number of rotatable bonds is 14. The molecule has 0 aliphatic heterocycles. The van der Waals surface area contributed by atoms with Crippen LogP contribution in [0.2, 0.25) is 0 Å². The molecular formula is C10H22O8S. The fourth-order valence-electron chi connectivity index (χ4n) is 0.962. The van der Waals surface area contributed by atoms with Crippen molar-refractivity contribution in [2.75, 3.05) is 54.2 Å². The van der Waals surface area contributed by atoms with E-state index < -0.39 is 10.4 Å². The maximum atomic E-state index is 11.2. The smallest absolute Gasteiger partial charge is 0.359 e. The molecular weight excluding hydrogens is 280 g/mol. The Hall–Kier alpha value is -0.290. The number of methoxy groups -OCH3 is 2. The fourth-order valence-corrected chi connectivity index (χ4v) is 1.67. The number of hydrogen-bond donors (Lipinski definition) is 0. The van der Waals surface area contributed by atoms with Gasteiger partial charge in [-0.15, -0.1) is 0 Å². The topological polar surface area (TPSA) is 89.5 Å². The van der Waals surface area contributed by atoms with Crippen molar-refractivity contribution in [2.45, 2.75) is 12.8 Å². The van der Waals surface area contributed by atoms with E-state index in [2.05, 4.69) is 17.8 Å². The number of hydrogen-bond acceptors (Lipinski definition) is 8. The van der Waals surface area contributed by atoms with Crippen molar-refractivity contribution in [1.29, 1.82) is 0 Å². The lowest BCUT2D eigenvalue weighted by molar-refractivity contribution is -0.0344. The molecule has 0 heterocycles. The van der Waals surface area contributed by atoms with E-state index in [1.54, 1.807) is 0 Å². The minimum atomic E-state index is -3.94. The van der Waals surface area contributed by atoms with Crippen LogP contribution >= 0.6 is 0 Å². The first-order valence-corrected chi connectivity index (χ1v) is 7.13. The van der Waals surface area contributed by atoms with Gasteiger partial charge in [0.15, 0.2) is 0 Å². The molecule has 0 fully saturated rings.